The summed E-state index contributed by atoms with van der Waals surface area (Å²) < 4.78 is 2.27. The van der Waals surface area contributed by atoms with Gasteiger partial charge in [0.25, 0.3) is 0 Å². The summed E-state index contributed by atoms with van der Waals surface area (Å²) in [7, 11) is 2.26. The molecule has 1 N–H and O–H groups in total. The summed E-state index contributed by atoms with van der Waals surface area (Å²) >= 11 is 0. The van der Waals surface area contributed by atoms with Crippen LogP contribution in [0, 0.1) is 0 Å². The number of likely N-dealkylation sites (N-methyl/N-ethyl adjacent to an activating group) is 1. The maximum atomic E-state index is 4.25. The van der Waals surface area contributed by atoms with Crippen LogP contribution in [0.4, 0.5) is 0 Å². The molecule has 1 aliphatic carbocycles. The zero-order valence-electron chi connectivity index (χ0n) is 11.7. The molecule has 1 fully saturated rings. The highest BCUT2D eigenvalue weighted by Gasteiger charge is 2.19. The Bertz CT molecular complexity index is 341. The number of hydrogen-bond acceptors (Lipinski definition) is 3. The Morgan fingerprint density at radius 2 is 2.22 bits per heavy atom. The molecule has 0 atom stereocenters. The van der Waals surface area contributed by atoms with Gasteiger partial charge in [0.1, 0.15) is 0 Å². The Morgan fingerprint density at radius 1 is 1.44 bits per heavy atom. The van der Waals surface area contributed by atoms with Crippen LogP contribution in [0.1, 0.15) is 38.3 Å². The van der Waals surface area contributed by atoms with Crippen molar-refractivity contribution in [3.8, 4) is 0 Å². The first-order valence-electron chi connectivity index (χ1n) is 7.21. The minimum absolute atomic E-state index is 0.811. The average molecular weight is 250 g/mol. The van der Waals surface area contributed by atoms with Crippen LogP contribution >= 0.6 is 0 Å². The third kappa shape index (κ3) is 3.56. The van der Waals surface area contributed by atoms with Crippen molar-refractivity contribution in [2.45, 2.75) is 51.7 Å². The van der Waals surface area contributed by atoms with Crippen LogP contribution in [-0.2, 0) is 13.1 Å². The molecular weight excluding hydrogens is 224 g/mol. The largest absolute Gasteiger partial charge is 0.332 e. The van der Waals surface area contributed by atoms with Gasteiger partial charge in [0.05, 0.1) is 12.0 Å². The molecule has 0 aliphatic heterocycles. The van der Waals surface area contributed by atoms with Gasteiger partial charge in [-0.25, -0.2) is 4.98 Å². The molecule has 1 aromatic rings. The molecule has 1 heterocycles. The van der Waals surface area contributed by atoms with Crippen molar-refractivity contribution in [3.63, 3.8) is 0 Å². The topological polar surface area (TPSA) is 33.1 Å². The van der Waals surface area contributed by atoms with Crippen molar-refractivity contribution in [3.05, 3.63) is 18.2 Å². The highest BCUT2D eigenvalue weighted by molar-refractivity contribution is 4.98. The molecule has 0 radical (unpaired) electrons. The fraction of sp³-hybridized carbons (Fsp3) is 0.786. The first kappa shape index (κ1) is 13.6. The predicted molar refractivity (Wildman–Crippen MR) is 74.5 cm³/mol. The van der Waals surface area contributed by atoms with Gasteiger partial charge in [-0.05, 0) is 26.4 Å². The highest BCUT2D eigenvalue weighted by Crippen LogP contribution is 2.22. The van der Waals surface area contributed by atoms with E-state index in [-0.39, 0.29) is 0 Å². The second-order valence-corrected chi connectivity index (χ2v) is 5.28. The van der Waals surface area contributed by atoms with Gasteiger partial charge in [-0.3, -0.25) is 0 Å². The fourth-order valence-electron chi connectivity index (χ4n) is 2.74. The summed E-state index contributed by atoms with van der Waals surface area (Å²) in [5.41, 5.74) is 1.29. The highest BCUT2D eigenvalue weighted by atomic mass is 15.2. The number of nitrogens with zero attached hydrogens (tertiary/aromatic N) is 3. The first-order chi connectivity index (χ1) is 8.81. The third-order valence-electron chi connectivity index (χ3n) is 4.00. The van der Waals surface area contributed by atoms with E-state index in [1.54, 1.807) is 0 Å². The van der Waals surface area contributed by atoms with Crippen molar-refractivity contribution >= 4 is 0 Å². The first-order valence-corrected chi connectivity index (χ1v) is 7.21. The van der Waals surface area contributed by atoms with Crippen molar-refractivity contribution in [2.75, 3.05) is 20.1 Å². The Labute approximate surface area is 110 Å². The molecule has 0 spiro atoms. The molecule has 4 nitrogen and oxygen atoms in total. The minimum atomic E-state index is 0.811. The van der Waals surface area contributed by atoms with Crippen LogP contribution in [0.5, 0.6) is 0 Å². The van der Waals surface area contributed by atoms with Crippen LogP contribution in [0.15, 0.2) is 12.5 Å². The Kier molecular flexibility index (Phi) is 5.20. The molecule has 1 saturated carbocycles. The molecule has 4 heteroatoms. The van der Waals surface area contributed by atoms with Crippen LogP contribution in [-0.4, -0.2) is 40.6 Å². The summed E-state index contributed by atoms with van der Waals surface area (Å²) in [6, 6.07) is 0.811. The quantitative estimate of drug-likeness (QED) is 0.802. The van der Waals surface area contributed by atoms with Gasteiger partial charge in [0.2, 0.25) is 0 Å². The van der Waals surface area contributed by atoms with E-state index >= 15 is 0 Å². The maximum Gasteiger partial charge on any atom is 0.0949 e. The molecule has 1 aliphatic rings. The summed E-state index contributed by atoms with van der Waals surface area (Å²) in [5.74, 6) is 0. The third-order valence-corrected chi connectivity index (χ3v) is 4.00. The lowest BCUT2D eigenvalue weighted by Gasteiger charge is -2.24. The lowest BCUT2D eigenvalue weighted by Crippen LogP contribution is -2.32. The standard InChI is InChI=1S/C14H26N4/c1-3-15-10-14-11-16-12-18(14)9-8-17(2)13-6-4-5-7-13/h11-13,15H,3-10H2,1-2H3. The zero-order valence-corrected chi connectivity index (χ0v) is 11.7. The van der Waals surface area contributed by atoms with E-state index in [1.165, 1.54) is 31.4 Å². The molecule has 0 bridgehead atoms. The average Bonchev–Trinajstić information content (AvgIpc) is 3.04. The minimum Gasteiger partial charge on any atom is -0.332 e. The molecule has 1 aromatic heterocycles. The van der Waals surface area contributed by atoms with E-state index < -0.39 is 0 Å². The monoisotopic (exact) mass is 250 g/mol. The Hall–Kier alpha value is -0.870. The predicted octanol–water partition coefficient (Wildman–Crippen LogP) is 1.87. The molecule has 0 aromatic carbocycles. The van der Waals surface area contributed by atoms with Gasteiger partial charge in [0, 0.05) is 31.9 Å². The van der Waals surface area contributed by atoms with Gasteiger partial charge in [-0.15, -0.1) is 0 Å². The lowest BCUT2D eigenvalue weighted by atomic mass is 10.2. The second kappa shape index (κ2) is 6.90. The smallest absolute Gasteiger partial charge is 0.0949 e. The molecule has 0 saturated heterocycles. The van der Waals surface area contributed by atoms with Crippen LogP contribution in [0.25, 0.3) is 0 Å². The van der Waals surface area contributed by atoms with E-state index in [0.717, 1.165) is 32.2 Å². The van der Waals surface area contributed by atoms with E-state index in [0.29, 0.717) is 0 Å². The summed E-state index contributed by atoms with van der Waals surface area (Å²) in [5, 5.41) is 3.36. The van der Waals surface area contributed by atoms with Crippen molar-refractivity contribution in [1.29, 1.82) is 0 Å². The Balaban J connectivity index is 1.80. The molecule has 2 rings (SSSR count). The fourth-order valence-corrected chi connectivity index (χ4v) is 2.74. The van der Waals surface area contributed by atoms with Gasteiger partial charge in [-0.1, -0.05) is 19.8 Å². The molecule has 102 valence electrons. The van der Waals surface area contributed by atoms with Crippen LogP contribution in [0.2, 0.25) is 0 Å². The van der Waals surface area contributed by atoms with Crippen molar-refractivity contribution < 1.29 is 0 Å². The molecular formula is C14H26N4. The van der Waals surface area contributed by atoms with E-state index in [9.17, 15) is 0 Å². The van der Waals surface area contributed by atoms with Gasteiger partial charge in [-0.2, -0.15) is 0 Å². The number of nitrogens with one attached hydrogen (secondary N) is 1. The van der Waals surface area contributed by atoms with Gasteiger partial charge >= 0.3 is 0 Å². The number of aromatic nitrogens is 2. The van der Waals surface area contributed by atoms with E-state index in [2.05, 4.69) is 33.7 Å². The number of rotatable bonds is 7. The van der Waals surface area contributed by atoms with Gasteiger partial charge in [0.15, 0.2) is 0 Å². The van der Waals surface area contributed by atoms with E-state index in [1.807, 2.05) is 12.5 Å². The van der Waals surface area contributed by atoms with E-state index in [4.69, 9.17) is 0 Å². The maximum absolute atomic E-state index is 4.25. The van der Waals surface area contributed by atoms with Gasteiger partial charge < -0.3 is 14.8 Å². The summed E-state index contributed by atoms with van der Waals surface area (Å²) in [6.45, 7) is 6.24. The van der Waals surface area contributed by atoms with Crippen LogP contribution in [0.3, 0.4) is 0 Å². The van der Waals surface area contributed by atoms with Crippen LogP contribution < -0.4 is 5.32 Å². The lowest BCUT2D eigenvalue weighted by molar-refractivity contribution is 0.235. The number of hydrogen-bond donors (Lipinski definition) is 1. The zero-order chi connectivity index (χ0) is 12.8. The Morgan fingerprint density at radius 3 is 2.94 bits per heavy atom. The number of imidazole rings is 1. The SMILES string of the molecule is CCNCc1cncn1CCN(C)C1CCCC1. The molecule has 0 unspecified atom stereocenters. The van der Waals surface area contributed by atoms with Crippen molar-refractivity contribution in [2.24, 2.45) is 0 Å². The normalized spacial score (nSPS) is 16.8. The van der Waals surface area contributed by atoms with Crippen molar-refractivity contribution in [1.82, 2.24) is 19.8 Å². The summed E-state index contributed by atoms with van der Waals surface area (Å²) in [6.07, 6.45) is 9.50. The second-order valence-electron chi connectivity index (χ2n) is 5.28. The molecule has 0 amide bonds. The molecule has 18 heavy (non-hydrogen) atoms. The summed E-state index contributed by atoms with van der Waals surface area (Å²) in [4.78, 5) is 6.77.